The second kappa shape index (κ2) is 25.7. The van der Waals surface area contributed by atoms with Gasteiger partial charge in [0.25, 0.3) is 0 Å². The Bertz CT molecular complexity index is 617. The molecule has 0 aliphatic heterocycles. The first-order valence-electron chi connectivity index (χ1n) is 5.71. The Balaban J connectivity index is -0.0000000667. The number of hydrogen-bond acceptors (Lipinski definition) is 3. The molecule has 28 heavy (non-hydrogen) atoms. The van der Waals surface area contributed by atoms with E-state index in [1.165, 1.54) is 0 Å². The second-order valence-electron chi connectivity index (χ2n) is 3.88. The molecule has 13 heteroatoms. The van der Waals surface area contributed by atoms with Crippen molar-refractivity contribution in [1.29, 1.82) is 0 Å². The topological polar surface area (TPSA) is 228 Å². The van der Waals surface area contributed by atoms with Crippen LogP contribution in [0.2, 0.25) is 0 Å². The second-order valence-corrected chi connectivity index (χ2v) is 3.88. The third kappa shape index (κ3) is 12.2. The van der Waals surface area contributed by atoms with Gasteiger partial charge in [-0.15, -0.1) is 0 Å². The Morgan fingerprint density at radius 3 is 1.39 bits per heavy atom. The van der Waals surface area contributed by atoms with E-state index in [1.807, 2.05) is 48.8 Å². The summed E-state index contributed by atoms with van der Waals surface area (Å²) in [4.78, 5) is 12.8. The molecular weight excluding hydrogens is 526 g/mol. The summed E-state index contributed by atoms with van der Waals surface area (Å²) in [6.07, 6.45) is 8.99. The fourth-order valence-electron chi connectivity index (χ4n) is 1.89. The molecule has 3 aromatic heterocycles. The molecule has 3 aromatic rings. The average molecular weight is 549 g/mol. The van der Waals surface area contributed by atoms with Gasteiger partial charge in [-0.3, -0.25) is 15.0 Å². The average Bonchev–Trinajstić information content (AvgIpc) is 2.49. The van der Waals surface area contributed by atoms with Gasteiger partial charge in [-0.2, -0.15) is 0 Å². The van der Waals surface area contributed by atoms with Crippen molar-refractivity contribution in [2.24, 2.45) is 0 Å². The summed E-state index contributed by atoms with van der Waals surface area (Å²) in [6.45, 7) is 0. The number of pyridine rings is 3. The molecule has 0 spiro atoms. The maximum absolute atomic E-state index is 4.46. The van der Waals surface area contributed by atoms with Crippen molar-refractivity contribution in [3.63, 3.8) is 0 Å². The summed E-state index contributed by atoms with van der Waals surface area (Å²) in [6, 6.07) is 11.9. The molecular formula is C15H23Cl3N3O6Ru. The summed E-state index contributed by atoms with van der Waals surface area (Å²) < 4.78 is 0. The standard InChI is InChI=1S/C15H11N3.3ClH.6H2O.Ru/c1-4-12(10-16-7-1)14-6-3-9-18-15(14)13-5-2-8-17-11-13;;;;;;;;;;/h1-11H;3*1H;6*1H2;/q;;;;;;;;;;+3/p-3. The Labute approximate surface area is 193 Å². The van der Waals surface area contributed by atoms with E-state index in [4.69, 9.17) is 0 Å². The van der Waals surface area contributed by atoms with Gasteiger partial charge in [0.15, 0.2) is 0 Å². The number of aromatic nitrogens is 3. The van der Waals surface area contributed by atoms with Crippen LogP contribution in [0.4, 0.5) is 0 Å². The van der Waals surface area contributed by atoms with Gasteiger partial charge in [-0.25, -0.2) is 0 Å². The normalized spacial score (nSPS) is 6.57. The molecule has 0 saturated carbocycles. The van der Waals surface area contributed by atoms with E-state index in [0.29, 0.717) is 0 Å². The minimum Gasteiger partial charge on any atom is -1.00 e. The maximum Gasteiger partial charge on any atom is 3.00 e. The molecule has 3 heterocycles. The zero-order valence-corrected chi connectivity index (χ0v) is 18.2. The molecule has 0 bridgehead atoms. The predicted octanol–water partition coefficient (Wildman–Crippen LogP) is -10.7. The number of halogens is 3. The van der Waals surface area contributed by atoms with E-state index in [-0.39, 0.29) is 89.6 Å². The SMILES string of the molecule is O.O.O.O.O.O.[Cl-].[Cl-].[Cl-].[Ru+3].c1cncc(-c2cccnc2-c2cccnc2)c1. The van der Waals surface area contributed by atoms with Gasteiger partial charge in [0.1, 0.15) is 0 Å². The van der Waals surface area contributed by atoms with E-state index in [1.54, 1.807) is 18.6 Å². The quantitative estimate of drug-likeness (QED) is 0.284. The summed E-state index contributed by atoms with van der Waals surface area (Å²) in [5, 5.41) is 0. The van der Waals surface area contributed by atoms with Gasteiger partial charge in [0.05, 0.1) is 5.69 Å². The molecule has 0 atom stereocenters. The Morgan fingerprint density at radius 1 is 0.536 bits per heavy atom. The Hall–Kier alpha value is -1.30. The number of hydrogen-bond donors (Lipinski definition) is 0. The minimum atomic E-state index is 0. The summed E-state index contributed by atoms with van der Waals surface area (Å²) in [5.41, 5.74) is 4.07. The van der Waals surface area contributed by atoms with Crippen LogP contribution in [-0.4, -0.2) is 47.8 Å². The van der Waals surface area contributed by atoms with Gasteiger partial charge in [-0.05, 0) is 24.3 Å². The van der Waals surface area contributed by atoms with E-state index in [0.717, 1.165) is 22.4 Å². The van der Waals surface area contributed by atoms with Crippen LogP contribution in [0.5, 0.6) is 0 Å². The van der Waals surface area contributed by atoms with Gasteiger partial charge in [0.2, 0.25) is 0 Å². The molecule has 1 radical (unpaired) electrons. The van der Waals surface area contributed by atoms with Gasteiger partial charge in [0, 0.05) is 47.7 Å². The molecule has 9 nitrogen and oxygen atoms in total. The van der Waals surface area contributed by atoms with Crippen LogP contribution in [-0.2, 0) is 19.5 Å². The zero-order valence-electron chi connectivity index (χ0n) is 14.2. The molecule has 12 N–H and O–H groups in total. The van der Waals surface area contributed by atoms with Crippen LogP contribution in [0.25, 0.3) is 22.4 Å². The minimum absolute atomic E-state index is 0. The molecule has 0 fully saturated rings. The van der Waals surface area contributed by atoms with Crippen molar-refractivity contribution in [3.05, 3.63) is 67.4 Å². The smallest absolute Gasteiger partial charge is 1.00 e. The van der Waals surface area contributed by atoms with Crippen LogP contribution in [0.3, 0.4) is 0 Å². The maximum atomic E-state index is 4.46. The Kier molecular flexibility index (Phi) is 46.3. The van der Waals surface area contributed by atoms with Crippen LogP contribution in [0, 0.1) is 0 Å². The molecule has 0 amide bonds. The first-order valence-corrected chi connectivity index (χ1v) is 5.71. The van der Waals surface area contributed by atoms with Gasteiger partial charge >= 0.3 is 19.5 Å². The van der Waals surface area contributed by atoms with E-state index in [2.05, 4.69) is 15.0 Å². The van der Waals surface area contributed by atoms with E-state index in [9.17, 15) is 0 Å². The first kappa shape index (κ1) is 50.4. The number of rotatable bonds is 2. The van der Waals surface area contributed by atoms with E-state index >= 15 is 0 Å². The molecule has 0 saturated heterocycles. The van der Waals surface area contributed by atoms with Crippen molar-refractivity contribution < 1.29 is 89.6 Å². The summed E-state index contributed by atoms with van der Waals surface area (Å²) in [5.74, 6) is 0. The van der Waals surface area contributed by atoms with E-state index < -0.39 is 0 Å². The van der Waals surface area contributed by atoms with Crippen LogP contribution in [0.1, 0.15) is 0 Å². The molecule has 3 rings (SSSR count). The molecule has 0 aromatic carbocycles. The van der Waals surface area contributed by atoms with Crippen molar-refractivity contribution in [1.82, 2.24) is 15.0 Å². The molecule has 0 aliphatic carbocycles. The fourth-order valence-corrected chi connectivity index (χ4v) is 1.89. The monoisotopic (exact) mass is 548 g/mol. The van der Waals surface area contributed by atoms with Crippen molar-refractivity contribution in [3.8, 4) is 22.4 Å². The van der Waals surface area contributed by atoms with Crippen LogP contribution < -0.4 is 37.2 Å². The third-order valence-corrected chi connectivity index (χ3v) is 2.72. The summed E-state index contributed by atoms with van der Waals surface area (Å²) in [7, 11) is 0. The van der Waals surface area contributed by atoms with Crippen molar-refractivity contribution in [2.45, 2.75) is 0 Å². The third-order valence-electron chi connectivity index (χ3n) is 2.72. The van der Waals surface area contributed by atoms with Crippen molar-refractivity contribution >= 4 is 0 Å². The molecule has 0 unspecified atom stereocenters. The number of nitrogens with zero attached hydrogens (tertiary/aromatic N) is 3. The Morgan fingerprint density at radius 2 is 0.964 bits per heavy atom. The molecule has 163 valence electrons. The van der Waals surface area contributed by atoms with Gasteiger partial charge < -0.3 is 70.1 Å². The van der Waals surface area contributed by atoms with Gasteiger partial charge in [-0.1, -0.05) is 12.1 Å². The van der Waals surface area contributed by atoms with Crippen molar-refractivity contribution in [2.75, 3.05) is 0 Å². The summed E-state index contributed by atoms with van der Waals surface area (Å²) >= 11 is 0. The predicted molar refractivity (Wildman–Crippen MR) is 92.4 cm³/mol. The van der Waals surface area contributed by atoms with Crippen LogP contribution >= 0.6 is 0 Å². The molecule has 0 aliphatic rings. The fraction of sp³-hybridized carbons (Fsp3) is 0. The van der Waals surface area contributed by atoms with Crippen LogP contribution in [0.15, 0.2) is 67.4 Å². The largest absolute Gasteiger partial charge is 3.00 e. The zero-order chi connectivity index (χ0) is 12.2. The first-order chi connectivity index (χ1) is 8.95.